The zero-order chi connectivity index (χ0) is 18.6. The molecule has 3 N–H and O–H groups in total. The SMILES string of the molecule is CN=C(NCCN(C)CCCOC)NCc1cccc(-c2ncn[nH]2)c1.I. The lowest BCUT2D eigenvalue weighted by molar-refractivity contribution is 0.180. The summed E-state index contributed by atoms with van der Waals surface area (Å²) in [7, 11) is 5.63. The number of likely N-dealkylation sites (N-methyl/N-ethyl adjacent to an activating group) is 1. The quantitative estimate of drug-likeness (QED) is 0.205. The minimum absolute atomic E-state index is 0. The van der Waals surface area contributed by atoms with Gasteiger partial charge in [0.1, 0.15) is 6.33 Å². The summed E-state index contributed by atoms with van der Waals surface area (Å²) in [5.41, 5.74) is 2.17. The van der Waals surface area contributed by atoms with Gasteiger partial charge in [-0.3, -0.25) is 10.1 Å². The zero-order valence-electron chi connectivity index (χ0n) is 16.2. The molecule has 0 saturated heterocycles. The average Bonchev–Trinajstić information content (AvgIpc) is 3.20. The first kappa shape index (κ1) is 23.3. The van der Waals surface area contributed by atoms with Crippen LogP contribution in [0.5, 0.6) is 0 Å². The van der Waals surface area contributed by atoms with Gasteiger partial charge in [-0.1, -0.05) is 18.2 Å². The van der Waals surface area contributed by atoms with E-state index >= 15 is 0 Å². The third kappa shape index (κ3) is 8.67. The van der Waals surface area contributed by atoms with E-state index in [-0.39, 0.29) is 24.0 Å². The molecule has 0 unspecified atom stereocenters. The van der Waals surface area contributed by atoms with Crippen molar-refractivity contribution in [2.45, 2.75) is 13.0 Å². The number of aromatic amines is 1. The summed E-state index contributed by atoms with van der Waals surface area (Å²) in [4.78, 5) is 10.7. The molecule has 0 radical (unpaired) electrons. The van der Waals surface area contributed by atoms with E-state index in [0.717, 1.165) is 55.6 Å². The van der Waals surface area contributed by atoms with Crippen molar-refractivity contribution in [1.29, 1.82) is 0 Å². The topological polar surface area (TPSA) is 90.5 Å². The van der Waals surface area contributed by atoms with Gasteiger partial charge in [-0.05, 0) is 25.1 Å². The molecule has 8 nitrogen and oxygen atoms in total. The van der Waals surface area contributed by atoms with Gasteiger partial charge in [0.2, 0.25) is 0 Å². The van der Waals surface area contributed by atoms with Gasteiger partial charge in [0, 0.05) is 52.5 Å². The van der Waals surface area contributed by atoms with Crippen molar-refractivity contribution in [3.8, 4) is 11.4 Å². The Morgan fingerprint density at radius 1 is 1.30 bits per heavy atom. The first-order valence-electron chi connectivity index (χ1n) is 8.79. The van der Waals surface area contributed by atoms with Crippen LogP contribution in [0.4, 0.5) is 0 Å². The van der Waals surface area contributed by atoms with Crippen LogP contribution in [-0.4, -0.2) is 73.5 Å². The highest BCUT2D eigenvalue weighted by Gasteiger charge is 2.04. The fourth-order valence-corrected chi connectivity index (χ4v) is 2.54. The normalized spacial score (nSPS) is 11.3. The number of nitrogens with zero attached hydrogens (tertiary/aromatic N) is 4. The number of ether oxygens (including phenoxy) is 1. The summed E-state index contributed by atoms with van der Waals surface area (Å²) in [6.45, 7) is 4.29. The first-order chi connectivity index (χ1) is 12.7. The Bertz CT molecular complexity index is 663. The second-order valence-electron chi connectivity index (χ2n) is 6.04. The van der Waals surface area contributed by atoms with Gasteiger partial charge < -0.3 is 20.3 Å². The summed E-state index contributed by atoms with van der Waals surface area (Å²) in [5, 5.41) is 13.5. The van der Waals surface area contributed by atoms with Crippen LogP contribution < -0.4 is 10.6 Å². The lowest BCUT2D eigenvalue weighted by atomic mass is 10.1. The number of rotatable bonds is 10. The Morgan fingerprint density at radius 2 is 2.15 bits per heavy atom. The Morgan fingerprint density at radius 3 is 2.85 bits per heavy atom. The average molecular weight is 487 g/mol. The maximum atomic E-state index is 5.08. The molecular formula is C18H30IN7O. The highest BCUT2D eigenvalue weighted by molar-refractivity contribution is 14.0. The molecule has 2 rings (SSSR count). The van der Waals surface area contributed by atoms with Crippen LogP contribution in [0.3, 0.4) is 0 Å². The number of nitrogens with one attached hydrogen (secondary N) is 3. The second kappa shape index (κ2) is 13.4. The van der Waals surface area contributed by atoms with E-state index in [0.29, 0.717) is 6.54 Å². The lowest BCUT2D eigenvalue weighted by Gasteiger charge is -2.18. The highest BCUT2D eigenvalue weighted by Crippen LogP contribution is 2.15. The molecule has 0 aliphatic rings. The molecule has 0 atom stereocenters. The largest absolute Gasteiger partial charge is 0.385 e. The van der Waals surface area contributed by atoms with Gasteiger partial charge >= 0.3 is 0 Å². The minimum Gasteiger partial charge on any atom is -0.385 e. The summed E-state index contributed by atoms with van der Waals surface area (Å²) >= 11 is 0. The Balaban J connectivity index is 0.00000364. The van der Waals surface area contributed by atoms with Gasteiger partial charge in [-0.2, -0.15) is 5.10 Å². The molecule has 2 aromatic rings. The van der Waals surface area contributed by atoms with E-state index in [1.165, 1.54) is 6.33 Å². The minimum atomic E-state index is 0. The van der Waals surface area contributed by atoms with Gasteiger partial charge in [-0.25, -0.2) is 4.98 Å². The van der Waals surface area contributed by atoms with Crippen LogP contribution >= 0.6 is 24.0 Å². The van der Waals surface area contributed by atoms with Crippen LogP contribution in [0, 0.1) is 0 Å². The molecule has 0 saturated carbocycles. The van der Waals surface area contributed by atoms with E-state index in [1.54, 1.807) is 14.2 Å². The summed E-state index contributed by atoms with van der Waals surface area (Å²) in [6.07, 6.45) is 2.56. The fraction of sp³-hybridized carbons (Fsp3) is 0.500. The maximum Gasteiger partial charge on any atom is 0.191 e. The number of hydrogen-bond donors (Lipinski definition) is 3. The Labute approximate surface area is 178 Å². The lowest BCUT2D eigenvalue weighted by Crippen LogP contribution is -2.40. The monoisotopic (exact) mass is 487 g/mol. The van der Waals surface area contributed by atoms with Crippen molar-refractivity contribution >= 4 is 29.9 Å². The Kier molecular flexibility index (Phi) is 11.6. The van der Waals surface area contributed by atoms with Crippen LogP contribution in [0.1, 0.15) is 12.0 Å². The van der Waals surface area contributed by atoms with E-state index < -0.39 is 0 Å². The van der Waals surface area contributed by atoms with Crippen molar-refractivity contribution in [3.05, 3.63) is 36.2 Å². The molecule has 0 aliphatic heterocycles. The standard InChI is InChI=1S/C18H29N7O.HI/c1-19-18(20-8-10-25(2)9-5-11-26-3)21-13-15-6-4-7-16(12-15)17-22-14-23-24-17;/h4,6-7,12,14H,5,8-11,13H2,1-3H3,(H2,19,20,21)(H,22,23,24);1H. The molecule has 0 spiro atoms. The zero-order valence-corrected chi connectivity index (χ0v) is 18.6. The smallest absolute Gasteiger partial charge is 0.191 e. The van der Waals surface area contributed by atoms with E-state index in [4.69, 9.17) is 4.74 Å². The number of benzene rings is 1. The van der Waals surface area contributed by atoms with Crippen LogP contribution in [0.25, 0.3) is 11.4 Å². The summed E-state index contributed by atoms with van der Waals surface area (Å²) in [5.74, 6) is 1.56. The van der Waals surface area contributed by atoms with Crippen molar-refractivity contribution in [1.82, 2.24) is 30.7 Å². The summed E-state index contributed by atoms with van der Waals surface area (Å²) < 4.78 is 5.08. The van der Waals surface area contributed by atoms with Crippen LogP contribution in [0.15, 0.2) is 35.6 Å². The van der Waals surface area contributed by atoms with Gasteiger partial charge in [0.15, 0.2) is 11.8 Å². The number of aromatic nitrogens is 3. The van der Waals surface area contributed by atoms with Crippen molar-refractivity contribution in [2.24, 2.45) is 4.99 Å². The van der Waals surface area contributed by atoms with Gasteiger partial charge in [0.25, 0.3) is 0 Å². The predicted molar refractivity (Wildman–Crippen MR) is 119 cm³/mol. The third-order valence-electron chi connectivity index (χ3n) is 3.97. The summed E-state index contributed by atoms with van der Waals surface area (Å²) in [6, 6.07) is 8.19. The van der Waals surface area contributed by atoms with Gasteiger partial charge in [0.05, 0.1) is 0 Å². The molecule has 1 aromatic carbocycles. The number of H-pyrrole nitrogens is 1. The van der Waals surface area contributed by atoms with E-state index in [2.05, 4.69) is 54.9 Å². The van der Waals surface area contributed by atoms with E-state index in [1.807, 2.05) is 12.1 Å². The number of guanidine groups is 1. The predicted octanol–water partition coefficient (Wildman–Crippen LogP) is 1.72. The van der Waals surface area contributed by atoms with E-state index in [9.17, 15) is 0 Å². The molecule has 150 valence electrons. The molecule has 0 aliphatic carbocycles. The molecule has 0 fully saturated rings. The first-order valence-corrected chi connectivity index (χ1v) is 8.79. The molecule has 0 bridgehead atoms. The maximum absolute atomic E-state index is 5.08. The van der Waals surface area contributed by atoms with Crippen LogP contribution in [0.2, 0.25) is 0 Å². The molecule has 27 heavy (non-hydrogen) atoms. The highest BCUT2D eigenvalue weighted by atomic mass is 127. The fourth-order valence-electron chi connectivity index (χ4n) is 2.54. The number of aliphatic imine (C=N–C) groups is 1. The second-order valence-corrected chi connectivity index (χ2v) is 6.04. The molecule has 9 heteroatoms. The van der Waals surface area contributed by atoms with Crippen molar-refractivity contribution in [2.75, 3.05) is 47.4 Å². The Hall–Kier alpha value is -1.72. The molecule has 1 aromatic heterocycles. The molecule has 1 heterocycles. The molecular weight excluding hydrogens is 457 g/mol. The number of methoxy groups -OCH3 is 1. The van der Waals surface area contributed by atoms with Gasteiger partial charge in [-0.15, -0.1) is 24.0 Å². The van der Waals surface area contributed by atoms with Crippen molar-refractivity contribution < 1.29 is 4.74 Å². The third-order valence-corrected chi connectivity index (χ3v) is 3.97. The number of halogens is 1. The molecule has 0 amide bonds. The van der Waals surface area contributed by atoms with Crippen molar-refractivity contribution in [3.63, 3.8) is 0 Å². The number of hydrogen-bond acceptors (Lipinski definition) is 5. The van der Waals surface area contributed by atoms with Crippen LogP contribution in [-0.2, 0) is 11.3 Å².